The molecule has 4 rings (SSSR count). The maximum atomic E-state index is 12.7. The van der Waals surface area contributed by atoms with Crippen LogP contribution in [0, 0.1) is 11.3 Å². The number of nitrogens with zero attached hydrogens (tertiary/aromatic N) is 3. The van der Waals surface area contributed by atoms with E-state index in [1.54, 1.807) is 0 Å². The maximum absolute atomic E-state index is 12.7. The van der Waals surface area contributed by atoms with Crippen LogP contribution in [0.25, 0.3) is 11.4 Å². The Labute approximate surface area is 177 Å². The molecule has 154 valence electrons. The molecule has 1 aliphatic heterocycles. The van der Waals surface area contributed by atoms with Crippen molar-refractivity contribution in [3.8, 4) is 11.4 Å². The lowest BCUT2D eigenvalue weighted by Crippen LogP contribution is -2.45. The Morgan fingerprint density at radius 2 is 1.83 bits per heavy atom. The van der Waals surface area contributed by atoms with E-state index in [1.165, 1.54) is 12.8 Å². The molecule has 0 radical (unpaired) electrons. The number of rotatable bonds is 7. The van der Waals surface area contributed by atoms with Gasteiger partial charge in [-0.15, -0.1) is 0 Å². The second kappa shape index (κ2) is 8.80. The summed E-state index contributed by atoms with van der Waals surface area (Å²) >= 11 is 5.95. The van der Waals surface area contributed by atoms with Crippen molar-refractivity contribution in [2.45, 2.75) is 45.6 Å². The third kappa shape index (κ3) is 4.96. The van der Waals surface area contributed by atoms with Crippen molar-refractivity contribution in [1.29, 1.82) is 0 Å². The van der Waals surface area contributed by atoms with Gasteiger partial charge in [0.05, 0.1) is 12.0 Å². The number of piperidine rings is 1. The Balaban J connectivity index is 1.36. The number of hydrogen-bond acceptors (Lipinski definition) is 5. The standard InChI is InChI=1S/C23H28ClN3O2/c1-2-29-22(28)23(13-17-3-4-17)9-11-27(12-10-23)16-18-14-25-21(26-15-18)19-5-7-20(24)8-6-19/h5-8,14-15,17H,2-4,9-13,16H2,1H3. The van der Waals surface area contributed by atoms with Crippen LogP contribution in [0.3, 0.4) is 0 Å². The van der Waals surface area contributed by atoms with E-state index in [0.29, 0.717) is 17.5 Å². The first-order chi connectivity index (χ1) is 14.1. The summed E-state index contributed by atoms with van der Waals surface area (Å²) in [6.45, 7) is 4.98. The van der Waals surface area contributed by atoms with Crippen molar-refractivity contribution in [3.63, 3.8) is 0 Å². The van der Waals surface area contributed by atoms with E-state index in [-0.39, 0.29) is 11.4 Å². The van der Waals surface area contributed by atoms with E-state index in [0.717, 1.165) is 55.9 Å². The summed E-state index contributed by atoms with van der Waals surface area (Å²) in [5, 5.41) is 0.705. The first-order valence-electron chi connectivity index (χ1n) is 10.5. The quantitative estimate of drug-likeness (QED) is 0.613. The Hall–Kier alpha value is -1.98. The lowest BCUT2D eigenvalue weighted by atomic mass is 9.74. The smallest absolute Gasteiger partial charge is 0.312 e. The molecule has 6 heteroatoms. The van der Waals surface area contributed by atoms with Crippen LogP contribution in [0.4, 0.5) is 0 Å². The predicted molar refractivity (Wildman–Crippen MR) is 113 cm³/mol. The summed E-state index contributed by atoms with van der Waals surface area (Å²) in [4.78, 5) is 24.1. The van der Waals surface area contributed by atoms with Crippen LogP contribution in [0.15, 0.2) is 36.7 Å². The van der Waals surface area contributed by atoms with Crippen molar-refractivity contribution in [3.05, 3.63) is 47.2 Å². The summed E-state index contributed by atoms with van der Waals surface area (Å²) in [6.07, 6.45) is 9.09. The Bertz CT molecular complexity index is 826. The van der Waals surface area contributed by atoms with E-state index >= 15 is 0 Å². The van der Waals surface area contributed by atoms with Gasteiger partial charge in [-0.2, -0.15) is 0 Å². The Kier molecular flexibility index (Phi) is 6.16. The van der Waals surface area contributed by atoms with Gasteiger partial charge in [0.15, 0.2) is 5.82 Å². The second-order valence-electron chi connectivity index (χ2n) is 8.35. The lowest BCUT2D eigenvalue weighted by Gasteiger charge is -2.40. The summed E-state index contributed by atoms with van der Waals surface area (Å²) < 4.78 is 5.44. The first kappa shape index (κ1) is 20.3. The fourth-order valence-corrected chi connectivity index (χ4v) is 4.36. The normalized spacial score (nSPS) is 19.1. The summed E-state index contributed by atoms with van der Waals surface area (Å²) in [7, 11) is 0. The highest BCUT2D eigenvalue weighted by atomic mass is 35.5. The molecule has 2 aromatic rings. The minimum absolute atomic E-state index is 0.0159. The molecule has 0 bridgehead atoms. The van der Waals surface area contributed by atoms with Crippen LogP contribution in [-0.2, 0) is 16.1 Å². The van der Waals surface area contributed by atoms with Crippen LogP contribution in [0.1, 0.15) is 44.6 Å². The molecule has 1 saturated heterocycles. The molecule has 1 aliphatic carbocycles. The SMILES string of the molecule is CCOC(=O)C1(CC2CC2)CCN(Cc2cnc(-c3ccc(Cl)cc3)nc2)CC1. The summed E-state index contributed by atoms with van der Waals surface area (Å²) in [5.74, 6) is 1.44. The van der Waals surface area contributed by atoms with Crippen molar-refractivity contribution in [2.75, 3.05) is 19.7 Å². The zero-order valence-corrected chi connectivity index (χ0v) is 17.7. The monoisotopic (exact) mass is 413 g/mol. The van der Waals surface area contributed by atoms with Crippen molar-refractivity contribution in [2.24, 2.45) is 11.3 Å². The van der Waals surface area contributed by atoms with Crippen LogP contribution >= 0.6 is 11.6 Å². The topological polar surface area (TPSA) is 55.3 Å². The third-order valence-corrected chi connectivity index (χ3v) is 6.36. The van der Waals surface area contributed by atoms with Crippen LogP contribution in [0.5, 0.6) is 0 Å². The van der Waals surface area contributed by atoms with Gasteiger partial charge in [-0.3, -0.25) is 9.69 Å². The van der Waals surface area contributed by atoms with Gasteiger partial charge in [0.25, 0.3) is 0 Å². The predicted octanol–water partition coefficient (Wildman–Crippen LogP) is 4.74. The number of hydrogen-bond donors (Lipinski definition) is 0. The van der Waals surface area contributed by atoms with Crippen LogP contribution in [0.2, 0.25) is 5.02 Å². The molecule has 1 saturated carbocycles. The van der Waals surface area contributed by atoms with Gasteiger partial charge in [0, 0.05) is 35.1 Å². The van der Waals surface area contributed by atoms with E-state index in [4.69, 9.17) is 16.3 Å². The zero-order chi connectivity index (χ0) is 20.3. The van der Waals surface area contributed by atoms with Crippen LogP contribution < -0.4 is 0 Å². The van der Waals surface area contributed by atoms with Gasteiger partial charge >= 0.3 is 5.97 Å². The molecule has 0 unspecified atom stereocenters. The van der Waals surface area contributed by atoms with Gasteiger partial charge in [-0.05, 0) is 69.5 Å². The lowest BCUT2D eigenvalue weighted by molar-refractivity contribution is -0.159. The number of benzene rings is 1. The van der Waals surface area contributed by atoms with Crippen molar-refractivity contribution < 1.29 is 9.53 Å². The number of likely N-dealkylation sites (tertiary alicyclic amines) is 1. The first-order valence-corrected chi connectivity index (χ1v) is 10.9. The van der Waals surface area contributed by atoms with Gasteiger partial charge in [0.1, 0.15) is 0 Å². The number of esters is 1. The minimum atomic E-state index is -0.275. The van der Waals surface area contributed by atoms with E-state index in [2.05, 4.69) is 14.9 Å². The zero-order valence-electron chi connectivity index (χ0n) is 16.9. The van der Waals surface area contributed by atoms with Gasteiger partial charge in [-0.1, -0.05) is 24.4 Å². The van der Waals surface area contributed by atoms with E-state index in [9.17, 15) is 4.79 Å². The van der Waals surface area contributed by atoms with Crippen LogP contribution in [-0.4, -0.2) is 40.5 Å². The van der Waals surface area contributed by atoms with Gasteiger partial charge < -0.3 is 4.74 Å². The second-order valence-corrected chi connectivity index (χ2v) is 8.78. The van der Waals surface area contributed by atoms with Crippen molar-refractivity contribution >= 4 is 17.6 Å². The highest BCUT2D eigenvalue weighted by molar-refractivity contribution is 6.30. The molecule has 0 atom stereocenters. The number of carbonyl (C=O) groups excluding carboxylic acids is 1. The fourth-order valence-electron chi connectivity index (χ4n) is 4.23. The Morgan fingerprint density at radius 1 is 1.17 bits per heavy atom. The molecule has 2 aliphatic rings. The summed E-state index contributed by atoms with van der Waals surface area (Å²) in [5.41, 5.74) is 1.77. The third-order valence-electron chi connectivity index (χ3n) is 6.11. The number of carbonyl (C=O) groups is 1. The minimum Gasteiger partial charge on any atom is -0.466 e. The highest BCUT2D eigenvalue weighted by Crippen LogP contribution is 2.46. The molecule has 1 aromatic carbocycles. The average molecular weight is 414 g/mol. The molecule has 0 amide bonds. The van der Waals surface area contributed by atoms with E-state index < -0.39 is 0 Å². The largest absolute Gasteiger partial charge is 0.466 e. The molecular weight excluding hydrogens is 386 g/mol. The maximum Gasteiger partial charge on any atom is 0.312 e. The highest BCUT2D eigenvalue weighted by Gasteiger charge is 2.45. The molecule has 0 spiro atoms. The molecule has 0 N–H and O–H groups in total. The molecule has 1 aromatic heterocycles. The molecule has 2 heterocycles. The number of aromatic nitrogens is 2. The Morgan fingerprint density at radius 3 is 2.41 bits per heavy atom. The summed E-state index contributed by atoms with van der Waals surface area (Å²) in [6, 6.07) is 7.55. The van der Waals surface area contributed by atoms with Crippen molar-refractivity contribution in [1.82, 2.24) is 14.9 Å². The average Bonchev–Trinajstić information content (AvgIpc) is 3.55. The molecule has 2 fully saturated rings. The number of ether oxygens (including phenoxy) is 1. The molecular formula is C23H28ClN3O2. The molecule has 29 heavy (non-hydrogen) atoms. The number of halogens is 1. The molecule has 5 nitrogen and oxygen atoms in total. The fraction of sp³-hybridized carbons (Fsp3) is 0.522. The van der Waals surface area contributed by atoms with E-state index in [1.807, 2.05) is 43.6 Å². The van der Waals surface area contributed by atoms with Gasteiger partial charge in [0.2, 0.25) is 0 Å². The van der Waals surface area contributed by atoms with Gasteiger partial charge in [-0.25, -0.2) is 9.97 Å².